The van der Waals surface area contributed by atoms with Crippen molar-refractivity contribution in [3.63, 3.8) is 0 Å². The highest BCUT2D eigenvalue weighted by molar-refractivity contribution is 5.95. The Hall–Kier alpha value is -2.76. The molecule has 102 valence electrons. The van der Waals surface area contributed by atoms with Gasteiger partial charge in [0.1, 0.15) is 5.69 Å². The van der Waals surface area contributed by atoms with Gasteiger partial charge in [-0.05, 0) is 36.8 Å². The van der Waals surface area contributed by atoms with Crippen molar-refractivity contribution in [3.05, 3.63) is 59.7 Å². The number of aromatic carboxylic acids is 1. The van der Waals surface area contributed by atoms with Crippen LogP contribution in [-0.4, -0.2) is 27.0 Å². The first-order valence-electron chi connectivity index (χ1n) is 5.98. The third-order valence-corrected chi connectivity index (χ3v) is 2.80. The minimum atomic E-state index is -1.12. The molecule has 2 aromatic rings. The number of hydrogen-bond acceptors (Lipinski definition) is 4. The Labute approximate surface area is 115 Å². The van der Waals surface area contributed by atoms with E-state index in [1.165, 1.54) is 18.3 Å². The number of hydrogen-bond donors (Lipinski definition) is 2. The Morgan fingerprint density at radius 1 is 1.20 bits per heavy atom. The van der Waals surface area contributed by atoms with Crippen molar-refractivity contribution in [3.8, 4) is 0 Å². The fraction of sp³-hybridized carbons (Fsp3) is 0.143. The molecule has 0 aliphatic heterocycles. The number of nitrogens with zero attached hydrogens (tertiary/aromatic N) is 2. The number of amides is 1. The number of carbonyl (C=O) groups is 2. The highest BCUT2D eigenvalue weighted by Gasteiger charge is 2.12. The van der Waals surface area contributed by atoms with E-state index in [1.54, 1.807) is 12.4 Å². The third kappa shape index (κ3) is 3.17. The third-order valence-electron chi connectivity index (χ3n) is 2.80. The minimum Gasteiger partial charge on any atom is -0.477 e. The van der Waals surface area contributed by atoms with Crippen LogP contribution in [-0.2, 0) is 0 Å². The molecule has 1 unspecified atom stereocenters. The summed E-state index contributed by atoms with van der Waals surface area (Å²) in [7, 11) is 0. The Balaban J connectivity index is 2.06. The van der Waals surface area contributed by atoms with Crippen LogP contribution in [0.25, 0.3) is 0 Å². The van der Waals surface area contributed by atoms with E-state index >= 15 is 0 Å². The summed E-state index contributed by atoms with van der Waals surface area (Å²) in [5, 5.41) is 11.5. The summed E-state index contributed by atoms with van der Waals surface area (Å²) in [6.07, 6.45) is 4.56. The molecule has 0 radical (unpaired) electrons. The predicted octanol–water partition coefficient (Wildman–Crippen LogP) is 1.67. The van der Waals surface area contributed by atoms with Crippen LogP contribution in [0.5, 0.6) is 0 Å². The lowest BCUT2D eigenvalue weighted by molar-refractivity contribution is 0.0689. The highest BCUT2D eigenvalue weighted by atomic mass is 16.4. The fourth-order valence-electron chi connectivity index (χ4n) is 1.67. The van der Waals surface area contributed by atoms with Gasteiger partial charge in [0.15, 0.2) is 0 Å². The van der Waals surface area contributed by atoms with Crippen LogP contribution in [0.1, 0.15) is 39.4 Å². The molecule has 0 saturated heterocycles. The smallest absolute Gasteiger partial charge is 0.354 e. The van der Waals surface area contributed by atoms with Crippen LogP contribution in [0.2, 0.25) is 0 Å². The van der Waals surface area contributed by atoms with Crippen molar-refractivity contribution in [1.29, 1.82) is 0 Å². The molecule has 2 N–H and O–H groups in total. The summed E-state index contributed by atoms with van der Waals surface area (Å²) in [5.74, 6) is -1.43. The molecule has 6 heteroatoms. The summed E-state index contributed by atoms with van der Waals surface area (Å²) in [6, 6.07) is 6.19. The van der Waals surface area contributed by atoms with Gasteiger partial charge in [-0.1, -0.05) is 0 Å². The number of nitrogens with one attached hydrogen (secondary N) is 1. The zero-order valence-electron chi connectivity index (χ0n) is 10.8. The van der Waals surface area contributed by atoms with Crippen molar-refractivity contribution in [2.45, 2.75) is 13.0 Å². The van der Waals surface area contributed by atoms with E-state index in [2.05, 4.69) is 15.3 Å². The Morgan fingerprint density at radius 2 is 1.90 bits per heavy atom. The molecule has 0 aliphatic rings. The van der Waals surface area contributed by atoms with Crippen molar-refractivity contribution in [2.75, 3.05) is 0 Å². The molecular weight excluding hydrogens is 258 g/mol. The summed E-state index contributed by atoms with van der Waals surface area (Å²) < 4.78 is 0. The van der Waals surface area contributed by atoms with E-state index in [9.17, 15) is 9.59 Å². The van der Waals surface area contributed by atoms with E-state index < -0.39 is 5.97 Å². The largest absolute Gasteiger partial charge is 0.477 e. The Bertz CT molecular complexity index is 611. The average Bonchev–Trinajstić information content (AvgIpc) is 2.48. The van der Waals surface area contributed by atoms with Crippen molar-refractivity contribution >= 4 is 11.9 Å². The lowest BCUT2D eigenvalue weighted by atomic mass is 10.1. The molecular formula is C14H13N3O3. The summed E-state index contributed by atoms with van der Waals surface area (Å²) in [5.41, 5.74) is 1.16. The van der Waals surface area contributed by atoms with Gasteiger partial charge in [-0.2, -0.15) is 0 Å². The first kappa shape index (κ1) is 13.7. The van der Waals surface area contributed by atoms with Gasteiger partial charge in [-0.3, -0.25) is 9.78 Å². The highest BCUT2D eigenvalue weighted by Crippen LogP contribution is 2.11. The van der Waals surface area contributed by atoms with Gasteiger partial charge in [0, 0.05) is 18.6 Å². The van der Waals surface area contributed by atoms with Gasteiger partial charge in [0.2, 0.25) is 0 Å². The van der Waals surface area contributed by atoms with Gasteiger partial charge in [0.25, 0.3) is 5.91 Å². The standard InChI is InChI=1S/C14H13N3O3/c1-9(10-4-6-15-7-5-10)17-13(18)11-2-3-12(14(19)20)16-8-11/h2-9H,1H3,(H,17,18)(H,19,20). The number of carboxylic acids is 1. The summed E-state index contributed by atoms with van der Waals surface area (Å²) in [6.45, 7) is 1.85. The van der Waals surface area contributed by atoms with Crippen LogP contribution in [0, 0.1) is 0 Å². The van der Waals surface area contributed by atoms with Gasteiger partial charge in [0.05, 0.1) is 11.6 Å². The molecule has 0 spiro atoms. The Kier molecular flexibility index (Phi) is 4.05. The molecule has 0 saturated carbocycles. The van der Waals surface area contributed by atoms with Crippen LogP contribution in [0.3, 0.4) is 0 Å². The monoisotopic (exact) mass is 271 g/mol. The zero-order valence-corrected chi connectivity index (χ0v) is 10.8. The van der Waals surface area contributed by atoms with E-state index in [-0.39, 0.29) is 17.6 Å². The van der Waals surface area contributed by atoms with Gasteiger partial charge < -0.3 is 10.4 Å². The van der Waals surface area contributed by atoms with Crippen molar-refractivity contribution in [1.82, 2.24) is 15.3 Å². The maximum Gasteiger partial charge on any atom is 0.354 e. The van der Waals surface area contributed by atoms with Gasteiger partial charge in [-0.25, -0.2) is 9.78 Å². The molecule has 20 heavy (non-hydrogen) atoms. The number of pyridine rings is 2. The Morgan fingerprint density at radius 3 is 2.45 bits per heavy atom. The quantitative estimate of drug-likeness (QED) is 0.882. The van der Waals surface area contributed by atoms with Crippen LogP contribution in [0.15, 0.2) is 42.9 Å². The van der Waals surface area contributed by atoms with Crippen molar-refractivity contribution < 1.29 is 14.7 Å². The molecule has 2 aromatic heterocycles. The lowest BCUT2D eigenvalue weighted by Gasteiger charge is -2.13. The molecule has 1 amide bonds. The normalized spacial score (nSPS) is 11.7. The van der Waals surface area contributed by atoms with E-state index in [1.807, 2.05) is 19.1 Å². The van der Waals surface area contributed by atoms with E-state index in [0.29, 0.717) is 5.56 Å². The molecule has 0 fully saturated rings. The number of aromatic nitrogens is 2. The number of carbonyl (C=O) groups excluding carboxylic acids is 1. The molecule has 6 nitrogen and oxygen atoms in total. The predicted molar refractivity (Wildman–Crippen MR) is 71.3 cm³/mol. The summed E-state index contributed by atoms with van der Waals surface area (Å²) >= 11 is 0. The first-order chi connectivity index (χ1) is 9.58. The molecule has 1 atom stereocenters. The lowest BCUT2D eigenvalue weighted by Crippen LogP contribution is -2.26. The summed E-state index contributed by atoms with van der Waals surface area (Å²) in [4.78, 5) is 30.3. The second-order valence-corrected chi connectivity index (χ2v) is 4.21. The van der Waals surface area contributed by atoms with E-state index in [0.717, 1.165) is 5.56 Å². The molecule has 0 aliphatic carbocycles. The zero-order chi connectivity index (χ0) is 14.5. The second-order valence-electron chi connectivity index (χ2n) is 4.21. The molecule has 2 heterocycles. The van der Waals surface area contributed by atoms with Gasteiger partial charge in [-0.15, -0.1) is 0 Å². The van der Waals surface area contributed by atoms with E-state index in [4.69, 9.17) is 5.11 Å². The van der Waals surface area contributed by atoms with Crippen LogP contribution in [0.4, 0.5) is 0 Å². The number of rotatable bonds is 4. The molecule has 0 aromatic carbocycles. The van der Waals surface area contributed by atoms with Crippen LogP contribution < -0.4 is 5.32 Å². The molecule has 0 bridgehead atoms. The topological polar surface area (TPSA) is 92.2 Å². The number of carboxylic acid groups (broad SMARTS) is 1. The average molecular weight is 271 g/mol. The van der Waals surface area contributed by atoms with Crippen LogP contribution >= 0.6 is 0 Å². The molecule has 2 rings (SSSR count). The maximum atomic E-state index is 12.0. The fourth-order valence-corrected chi connectivity index (χ4v) is 1.67. The van der Waals surface area contributed by atoms with Gasteiger partial charge >= 0.3 is 5.97 Å². The first-order valence-corrected chi connectivity index (χ1v) is 5.98. The van der Waals surface area contributed by atoms with Crippen molar-refractivity contribution in [2.24, 2.45) is 0 Å². The maximum absolute atomic E-state index is 12.0. The minimum absolute atomic E-state index is 0.0938. The second kappa shape index (κ2) is 5.92. The SMILES string of the molecule is CC(NC(=O)c1ccc(C(=O)O)nc1)c1ccncc1.